The number of hydrogen-bond donors (Lipinski definition) is 1. The van der Waals surface area contributed by atoms with Crippen LogP contribution in [0.4, 0.5) is 0 Å². The molecule has 0 aromatic heterocycles. The van der Waals surface area contributed by atoms with Crippen LogP contribution in [0.15, 0.2) is 23.3 Å². The third kappa shape index (κ3) is 5.84. The van der Waals surface area contributed by atoms with Gasteiger partial charge in [-0.3, -0.25) is 4.79 Å². The molecule has 1 aliphatic rings. The van der Waals surface area contributed by atoms with E-state index in [0.717, 1.165) is 43.8 Å². The summed E-state index contributed by atoms with van der Waals surface area (Å²) in [4.78, 5) is 14.2. The van der Waals surface area contributed by atoms with Crippen LogP contribution < -0.4 is 10.2 Å². The number of piperidine rings is 1. The van der Waals surface area contributed by atoms with Gasteiger partial charge in [-0.15, -0.1) is 0 Å². The molecule has 0 radical (unpaired) electrons. The van der Waals surface area contributed by atoms with Crippen molar-refractivity contribution in [2.75, 3.05) is 26.2 Å². The second kappa shape index (κ2) is 8.89. The van der Waals surface area contributed by atoms with Crippen LogP contribution in [0.25, 0.3) is 0 Å². The number of carbonyl (C=O) groups is 1. The van der Waals surface area contributed by atoms with Crippen LogP contribution in [0.1, 0.15) is 31.7 Å². The van der Waals surface area contributed by atoms with Gasteiger partial charge in [0.1, 0.15) is 5.75 Å². The molecule has 23 heavy (non-hydrogen) atoms. The lowest BCUT2D eigenvalue weighted by molar-refractivity contribution is -0.123. The van der Waals surface area contributed by atoms with E-state index in [2.05, 4.69) is 22.4 Å². The van der Waals surface area contributed by atoms with Gasteiger partial charge in [0.2, 0.25) is 0 Å². The number of carbonyl (C=O) groups excluding carboxylic acids is 1. The van der Waals surface area contributed by atoms with Crippen LogP contribution in [0.5, 0.6) is 5.75 Å². The molecular formula is C17H24ClN3O2. The molecule has 0 saturated carbocycles. The summed E-state index contributed by atoms with van der Waals surface area (Å²) in [6.45, 7) is 7.19. The molecule has 1 saturated heterocycles. The van der Waals surface area contributed by atoms with Crippen molar-refractivity contribution in [1.29, 1.82) is 0 Å². The first-order valence-electron chi connectivity index (χ1n) is 8.04. The molecular weight excluding hydrogens is 314 g/mol. The van der Waals surface area contributed by atoms with Crippen LogP contribution >= 0.6 is 11.6 Å². The Morgan fingerprint density at radius 3 is 2.78 bits per heavy atom. The zero-order valence-corrected chi connectivity index (χ0v) is 14.5. The monoisotopic (exact) mass is 337 g/mol. The fourth-order valence-corrected chi connectivity index (χ4v) is 2.78. The second-order valence-corrected chi connectivity index (χ2v) is 6.19. The maximum absolute atomic E-state index is 11.8. The third-order valence-electron chi connectivity index (χ3n) is 3.81. The highest BCUT2D eigenvalue weighted by Gasteiger charge is 2.14. The van der Waals surface area contributed by atoms with Crippen molar-refractivity contribution < 1.29 is 9.53 Å². The number of hydrogen-bond acceptors (Lipinski definition) is 4. The standard InChI is InChI=1S/C17H24ClN3O2/c1-3-8-21-9-6-15(7-10-21)19-20-17(22)12-23-16-5-4-14(18)11-13(16)2/h4-5,11H,3,6-10,12H2,1-2H3,(H,20,22). The number of rotatable bonds is 6. The Morgan fingerprint density at radius 2 is 2.13 bits per heavy atom. The lowest BCUT2D eigenvalue weighted by Crippen LogP contribution is -2.35. The summed E-state index contributed by atoms with van der Waals surface area (Å²) in [7, 11) is 0. The van der Waals surface area contributed by atoms with Crippen LogP contribution in [0.3, 0.4) is 0 Å². The molecule has 1 amide bonds. The number of ether oxygens (including phenoxy) is 1. The van der Waals surface area contributed by atoms with Gasteiger partial charge in [0.05, 0.1) is 0 Å². The summed E-state index contributed by atoms with van der Waals surface area (Å²) in [6.07, 6.45) is 3.00. The maximum Gasteiger partial charge on any atom is 0.277 e. The molecule has 0 atom stereocenters. The molecule has 0 aliphatic carbocycles. The third-order valence-corrected chi connectivity index (χ3v) is 4.04. The van der Waals surface area contributed by atoms with Gasteiger partial charge in [-0.25, -0.2) is 5.43 Å². The minimum atomic E-state index is -0.247. The van der Waals surface area contributed by atoms with E-state index in [1.807, 2.05) is 6.92 Å². The predicted octanol–water partition coefficient (Wildman–Crippen LogP) is 3.01. The van der Waals surface area contributed by atoms with Gasteiger partial charge in [-0.1, -0.05) is 18.5 Å². The Balaban J connectivity index is 1.74. The topological polar surface area (TPSA) is 53.9 Å². The average Bonchev–Trinajstić information content (AvgIpc) is 2.54. The molecule has 1 aromatic carbocycles. The van der Waals surface area contributed by atoms with Crippen LogP contribution in [0, 0.1) is 6.92 Å². The maximum atomic E-state index is 11.8. The quantitative estimate of drug-likeness (QED) is 0.812. The smallest absolute Gasteiger partial charge is 0.277 e. The van der Waals surface area contributed by atoms with Gasteiger partial charge in [0.25, 0.3) is 5.91 Å². The van der Waals surface area contributed by atoms with Gasteiger partial charge >= 0.3 is 0 Å². The molecule has 5 nitrogen and oxygen atoms in total. The fraction of sp³-hybridized carbons (Fsp3) is 0.529. The van der Waals surface area contributed by atoms with Crippen molar-refractivity contribution in [3.8, 4) is 5.75 Å². The number of benzene rings is 1. The van der Waals surface area contributed by atoms with Gasteiger partial charge in [-0.2, -0.15) is 5.10 Å². The molecule has 1 fully saturated rings. The molecule has 0 unspecified atom stereocenters. The van der Waals surface area contributed by atoms with Crippen molar-refractivity contribution in [3.05, 3.63) is 28.8 Å². The SMILES string of the molecule is CCCN1CCC(=NNC(=O)COc2ccc(Cl)cc2C)CC1. The first kappa shape index (κ1) is 17.8. The highest BCUT2D eigenvalue weighted by molar-refractivity contribution is 6.30. The number of amides is 1. The lowest BCUT2D eigenvalue weighted by atomic mass is 10.1. The first-order valence-corrected chi connectivity index (χ1v) is 8.42. The van der Waals surface area contributed by atoms with E-state index in [9.17, 15) is 4.79 Å². The largest absolute Gasteiger partial charge is 0.483 e. The van der Waals surface area contributed by atoms with Crippen molar-refractivity contribution in [2.24, 2.45) is 5.10 Å². The summed E-state index contributed by atoms with van der Waals surface area (Å²) in [6, 6.07) is 5.31. The zero-order valence-electron chi connectivity index (χ0n) is 13.8. The highest BCUT2D eigenvalue weighted by atomic mass is 35.5. The Bertz CT molecular complexity index is 565. The average molecular weight is 338 g/mol. The summed E-state index contributed by atoms with van der Waals surface area (Å²) in [5.41, 5.74) is 4.53. The molecule has 2 rings (SSSR count). The summed E-state index contributed by atoms with van der Waals surface area (Å²) < 4.78 is 5.49. The van der Waals surface area contributed by atoms with Crippen LogP contribution in [0.2, 0.25) is 5.02 Å². The van der Waals surface area contributed by atoms with Crippen molar-refractivity contribution in [2.45, 2.75) is 33.1 Å². The summed E-state index contributed by atoms with van der Waals surface area (Å²) in [5, 5.41) is 4.87. The van der Waals surface area contributed by atoms with E-state index in [-0.39, 0.29) is 12.5 Å². The number of nitrogens with one attached hydrogen (secondary N) is 1. The Hall–Kier alpha value is -1.59. The van der Waals surface area contributed by atoms with E-state index in [4.69, 9.17) is 16.3 Å². The first-order chi connectivity index (χ1) is 11.1. The fourth-order valence-electron chi connectivity index (χ4n) is 2.55. The predicted molar refractivity (Wildman–Crippen MR) is 93.2 cm³/mol. The van der Waals surface area contributed by atoms with E-state index < -0.39 is 0 Å². The molecule has 1 aliphatic heterocycles. The molecule has 1 aromatic rings. The van der Waals surface area contributed by atoms with Gasteiger partial charge in [0, 0.05) is 36.7 Å². The summed E-state index contributed by atoms with van der Waals surface area (Å²) in [5.74, 6) is 0.410. The minimum absolute atomic E-state index is 0.0544. The van der Waals surface area contributed by atoms with Gasteiger partial charge in [0.15, 0.2) is 6.61 Å². The summed E-state index contributed by atoms with van der Waals surface area (Å²) >= 11 is 5.89. The van der Waals surface area contributed by atoms with E-state index in [1.165, 1.54) is 6.42 Å². The molecule has 0 spiro atoms. The van der Waals surface area contributed by atoms with Crippen LogP contribution in [-0.2, 0) is 4.79 Å². The molecule has 1 N–H and O–H groups in total. The van der Waals surface area contributed by atoms with Gasteiger partial charge < -0.3 is 9.64 Å². The van der Waals surface area contributed by atoms with Gasteiger partial charge in [-0.05, 0) is 43.7 Å². The molecule has 1 heterocycles. The number of hydrazone groups is 1. The number of aryl methyl sites for hydroxylation is 1. The van der Waals surface area contributed by atoms with Crippen LogP contribution in [-0.4, -0.2) is 42.8 Å². The molecule has 0 bridgehead atoms. The van der Waals surface area contributed by atoms with Crippen molar-refractivity contribution in [3.63, 3.8) is 0 Å². The Kier molecular flexibility index (Phi) is 6.86. The van der Waals surface area contributed by atoms with E-state index >= 15 is 0 Å². The highest BCUT2D eigenvalue weighted by Crippen LogP contribution is 2.21. The number of halogens is 1. The lowest BCUT2D eigenvalue weighted by Gasteiger charge is -2.26. The molecule has 6 heteroatoms. The Morgan fingerprint density at radius 1 is 1.39 bits per heavy atom. The Labute approximate surface area is 142 Å². The second-order valence-electron chi connectivity index (χ2n) is 5.75. The van der Waals surface area contributed by atoms with Crippen molar-refractivity contribution in [1.82, 2.24) is 10.3 Å². The number of likely N-dealkylation sites (tertiary alicyclic amines) is 1. The van der Waals surface area contributed by atoms with E-state index in [0.29, 0.717) is 10.8 Å². The minimum Gasteiger partial charge on any atom is -0.483 e. The molecule has 126 valence electrons. The van der Waals surface area contributed by atoms with Crippen molar-refractivity contribution >= 4 is 23.2 Å². The normalized spacial score (nSPS) is 15.3. The van der Waals surface area contributed by atoms with E-state index in [1.54, 1.807) is 18.2 Å². The zero-order chi connectivity index (χ0) is 16.7. The number of nitrogens with zero attached hydrogens (tertiary/aromatic N) is 2.